The number of hydrazone groups is 1. The van der Waals surface area contributed by atoms with Crippen molar-refractivity contribution >= 4 is 18.1 Å². The van der Waals surface area contributed by atoms with Crippen LogP contribution in [0, 0.1) is 5.82 Å². The second-order valence-corrected chi connectivity index (χ2v) is 5.07. The van der Waals surface area contributed by atoms with E-state index in [1.165, 1.54) is 44.6 Å². The minimum Gasteiger partial charge on any atom is -0.545 e. The Kier molecular flexibility index (Phi) is 6.70. The molecule has 0 aliphatic heterocycles. The van der Waals surface area contributed by atoms with Crippen molar-refractivity contribution in [3.05, 3.63) is 53.3 Å². The molecule has 0 atom stereocenters. The van der Waals surface area contributed by atoms with Crippen LogP contribution < -0.4 is 24.7 Å². The quantitative estimate of drug-likeness (QED) is 0.538. The monoisotopic (exact) mass is 375 g/mol. The summed E-state index contributed by atoms with van der Waals surface area (Å²) in [5.74, 6) is -2.66. The lowest BCUT2D eigenvalue weighted by atomic mass is 10.1. The predicted octanol–water partition coefficient (Wildman–Crippen LogP) is 0.735. The molecular weight excluding hydrogens is 359 g/mol. The third kappa shape index (κ3) is 4.94. The number of carboxylic acid groups (broad SMARTS) is 1. The Morgan fingerprint density at radius 2 is 1.89 bits per heavy atom. The van der Waals surface area contributed by atoms with Crippen LogP contribution in [0.1, 0.15) is 15.9 Å². The van der Waals surface area contributed by atoms with Crippen LogP contribution in [0.3, 0.4) is 0 Å². The van der Waals surface area contributed by atoms with Crippen LogP contribution in [0.15, 0.2) is 41.5 Å². The van der Waals surface area contributed by atoms with Gasteiger partial charge in [-0.15, -0.1) is 0 Å². The van der Waals surface area contributed by atoms with E-state index in [-0.39, 0.29) is 28.4 Å². The average molecular weight is 375 g/mol. The van der Waals surface area contributed by atoms with Gasteiger partial charge in [0, 0.05) is 5.56 Å². The first-order chi connectivity index (χ1) is 13.0. The highest BCUT2D eigenvalue weighted by Crippen LogP contribution is 2.32. The molecule has 0 heterocycles. The molecule has 0 fully saturated rings. The lowest BCUT2D eigenvalue weighted by Gasteiger charge is -2.15. The molecule has 0 aliphatic carbocycles. The van der Waals surface area contributed by atoms with Gasteiger partial charge < -0.3 is 24.1 Å². The summed E-state index contributed by atoms with van der Waals surface area (Å²) >= 11 is 0. The number of hydrogen-bond acceptors (Lipinski definition) is 7. The molecule has 0 aromatic heterocycles. The Morgan fingerprint density at radius 1 is 1.15 bits per heavy atom. The Bertz CT molecular complexity index is 869. The second-order valence-electron chi connectivity index (χ2n) is 5.07. The predicted molar refractivity (Wildman–Crippen MR) is 91.5 cm³/mol. The molecule has 0 saturated carbocycles. The summed E-state index contributed by atoms with van der Waals surface area (Å²) in [4.78, 5) is 23.1. The van der Waals surface area contributed by atoms with E-state index in [9.17, 15) is 19.1 Å². The van der Waals surface area contributed by atoms with Gasteiger partial charge in [-0.1, -0.05) is 12.1 Å². The van der Waals surface area contributed by atoms with E-state index in [1.54, 1.807) is 6.07 Å². The zero-order valence-electron chi connectivity index (χ0n) is 14.5. The normalized spacial score (nSPS) is 10.5. The SMILES string of the molecule is COc1ccc(/C=N\NC(=O)COc2ccccc2F)c(C(=O)[O-])c1OC. The van der Waals surface area contributed by atoms with Crippen LogP contribution in [0.25, 0.3) is 0 Å². The third-order valence-electron chi connectivity index (χ3n) is 3.37. The Labute approximate surface area is 154 Å². The molecule has 1 amide bonds. The van der Waals surface area contributed by atoms with Crippen molar-refractivity contribution in [3.8, 4) is 17.2 Å². The van der Waals surface area contributed by atoms with Gasteiger partial charge in [-0.3, -0.25) is 4.79 Å². The summed E-state index contributed by atoms with van der Waals surface area (Å²) in [7, 11) is 2.65. The molecule has 0 saturated heterocycles. The first-order valence-electron chi connectivity index (χ1n) is 7.63. The fourth-order valence-electron chi connectivity index (χ4n) is 2.17. The maximum Gasteiger partial charge on any atom is 0.277 e. The summed E-state index contributed by atoms with van der Waals surface area (Å²) in [5.41, 5.74) is 2.00. The molecule has 0 radical (unpaired) electrons. The minimum absolute atomic E-state index is 0.0318. The van der Waals surface area contributed by atoms with Gasteiger partial charge in [0.25, 0.3) is 5.91 Å². The van der Waals surface area contributed by atoms with E-state index < -0.39 is 24.3 Å². The highest BCUT2D eigenvalue weighted by atomic mass is 19.1. The average Bonchev–Trinajstić information content (AvgIpc) is 2.66. The van der Waals surface area contributed by atoms with Crippen molar-refractivity contribution in [3.63, 3.8) is 0 Å². The molecule has 8 nitrogen and oxygen atoms in total. The molecule has 0 spiro atoms. The highest BCUT2D eigenvalue weighted by molar-refractivity contribution is 6.01. The fraction of sp³-hybridized carbons (Fsp3) is 0.167. The molecule has 142 valence electrons. The number of nitrogens with zero attached hydrogens (tertiary/aromatic N) is 1. The smallest absolute Gasteiger partial charge is 0.277 e. The van der Waals surface area contributed by atoms with Gasteiger partial charge >= 0.3 is 0 Å². The Hall–Kier alpha value is -3.62. The van der Waals surface area contributed by atoms with Crippen LogP contribution in [0.4, 0.5) is 4.39 Å². The van der Waals surface area contributed by atoms with Crippen molar-refractivity contribution < 1.29 is 33.3 Å². The fourth-order valence-corrected chi connectivity index (χ4v) is 2.17. The van der Waals surface area contributed by atoms with E-state index in [4.69, 9.17) is 14.2 Å². The van der Waals surface area contributed by atoms with Crippen molar-refractivity contribution in [2.24, 2.45) is 5.10 Å². The molecule has 27 heavy (non-hydrogen) atoms. The molecule has 0 bridgehead atoms. The third-order valence-corrected chi connectivity index (χ3v) is 3.37. The van der Waals surface area contributed by atoms with Crippen molar-refractivity contribution in [2.75, 3.05) is 20.8 Å². The maximum atomic E-state index is 13.4. The number of benzene rings is 2. The summed E-state index contributed by atoms with van der Waals surface area (Å²) in [6.07, 6.45) is 1.11. The number of aromatic carboxylic acids is 1. The molecule has 2 rings (SSSR count). The van der Waals surface area contributed by atoms with Crippen LogP contribution in [-0.2, 0) is 4.79 Å². The molecule has 2 aromatic rings. The van der Waals surface area contributed by atoms with Crippen LogP contribution in [0.5, 0.6) is 17.2 Å². The summed E-state index contributed by atoms with van der Waals surface area (Å²) in [5, 5.41) is 15.1. The van der Waals surface area contributed by atoms with Gasteiger partial charge in [-0.05, 0) is 24.3 Å². The van der Waals surface area contributed by atoms with Crippen LogP contribution in [0.2, 0.25) is 0 Å². The summed E-state index contributed by atoms with van der Waals surface area (Å²) in [6, 6.07) is 8.52. The van der Waals surface area contributed by atoms with Crippen LogP contribution >= 0.6 is 0 Å². The first kappa shape index (κ1) is 19.7. The number of ether oxygens (including phenoxy) is 3. The lowest BCUT2D eigenvalue weighted by Crippen LogP contribution is -2.26. The molecular formula is C18H16FN2O6-. The zero-order chi connectivity index (χ0) is 19.8. The van der Waals surface area contributed by atoms with Gasteiger partial charge in [0.1, 0.15) is 0 Å². The lowest BCUT2D eigenvalue weighted by molar-refractivity contribution is -0.255. The van der Waals surface area contributed by atoms with E-state index in [0.29, 0.717) is 0 Å². The number of hydrogen-bond donors (Lipinski definition) is 1. The zero-order valence-corrected chi connectivity index (χ0v) is 14.5. The number of halogens is 1. The summed E-state index contributed by atoms with van der Waals surface area (Å²) in [6.45, 7) is -0.475. The van der Waals surface area contributed by atoms with Crippen molar-refractivity contribution in [1.29, 1.82) is 0 Å². The minimum atomic E-state index is -1.50. The Balaban J connectivity index is 2.06. The molecule has 9 heteroatoms. The number of nitrogens with one attached hydrogen (secondary N) is 1. The molecule has 0 aliphatic rings. The van der Waals surface area contributed by atoms with E-state index in [1.807, 2.05) is 0 Å². The Morgan fingerprint density at radius 3 is 2.52 bits per heavy atom. The standard InChI is InChI=1S/C18H17FN2O6/c1-25-14-8-7-11(16(18(23)24)17(14)26-2)9-20-21-15(22)10-27-13-6-4-3-5-12(13)19/h3-9H,10H2,1-2H3,(H,21,22)(H,23,24)/p-1/b20-9-. The van der Waals surface area contributed by atoms with Crippen molar-refractivity contribution in [2.45, 2.75) is 0 Å². The van der Waals surface area contributed by atoms with Gasteiger partial charge in [-0.2, -0.15) is 5.10 Å². The van der Waals surface area contributed by atoms with Crippen molar-refractivity contribution in [1.82, 2.24) is 5.43 Å². The van der Waals surface area contributed by atoms with Gasteiger partial charge in [0.05, 0.1) is 32.0 Å². The maximum absolute atomic E-state index is 13.4. The van der Waals surface area contributed by atoms with Crippen LogP contribution in [-0.4, -0.2) is 38.9 Å². The van der Waals surface area contributed by atoms with E-state index >= 15 is 0 Å². The van der Waals surface area contributed by atoms with Gasteiger partial charge in [0.2, 0.25) is 0 Å². The topological polar surface area (TPSA) is 109 Å². The molecule has 2 aromatic carbocycles. The highest BCUT2D eigenvalue weighted by Gasteiger charge is 2.15. The number of carbonyl (C=O) groups is 2. The molecule has 1 N–H and O–H groups in total. The second kappa shape index (κ2) is 9.18. The van der Waals surface area contributed by atoms with Gasteiger partial charge in [0.15, 0.2) is 29.7 Å². The van der Waals surface area contributed by atoms with E-state index in [0.717, 1.165) is 6.21 Å². The largest absolute Gasteiger partial charge is 0.545 e. The van der Waals surface area contributed by atoms with Gasteiger partial charge in [-0.25, -0.2) is 9.82 Å². The number of para-hydroxylation sites is 1. The number of carbonyl (C=O) groups excluding carboxylic acids is 2. The number of amides is 1. The summed E-state index contributed by atoms with van der Waals surface area (Å²) < 4.78 is 28.5. The first-order valence-corrected chi connectivity index (χ1v) is 7.63. The van der Waals surface area contributed by atoms with E-state index in [2.05, 4.69) is 10.5 Å². The molecule has 0 unspecified atom stereocenters. The number of rotatable bonds is 8. The number of methoxy groups -OCH3 is 2. The number of carboxylic acids is 1.